The Balaban J connectivity index is 5.08. The molecular weight excluding hydrogens is 245 g/mol. The normalized spacial score (nSPS) is 14.5. The van der Waals surface area contributed by atoms with Crippen molar-refractivity contribution in [1.29, 1.82) is 0 Å². The van der Waals surface area contributed by atoms with E-state index in [1.165, 1.54) is 20.8 Å². The van der Waals surface area contributed by atoms with Crippen LogP contribution in [0.15, 0.2) is 0 Å². The van der Waals surface area contributed by atoms with Crippen LogP contribution in [0, 0.1) is 0 Å². The van der Waals surface area contributed by atoms with E-state index in [1.54, 1.807) is 0 Å². The Hall–Kier alpha value is -0.340. The molecule has 16 heavy (non-hydrogen) atoms. The Kier molecular flexibility index (Phi) is 4.78. The zero-order valence-corrected chi connectivity index (χ0v) is 10.3. The van der Waals surface area contributed by atoms with Gasteiger partial charge in [-0.15, -0.1) is 0 Å². The van der Waals surface area contributed by atoms with Gasteiger partial charge in [0, 0.05) is 13.1 Å². The molecule has 0 aromatic carbocycles. The molecule has 0 atom stereocenters. The van der Waals surface area contributed by atoms with Crippen molar-refractivity contribution >= 4 is 10.0 Å². The van der Waals surface area contributed by atoms with Crippen LogP contribution in [0.4, 0.5) is 13.2 Å². The molecule has 0 fully saturated rings. The van der Waals surface area contributed by atoms with Crippen LogP contribution in [0.1, 0.15) is 20.8 Å². The van der Waals surface area contributed by atoms with E-state index in [9.17, 15) is 21.6 Å². The highest BCUT2D eigenvalue weighted by molar-refractivity contribution is 7.90. The quantitative estimate of drug-likeness (QED) is 0.820. The predicted octanol–water partition coefficient (Wildman–Crippen LogP) is 0.938. The van der Waals surface area contributed by atoms with Crippen molar-refractivity contribution in [2.24, 2.45) is 5.73 Å². The third-order valence-electron chi connectivity index (χ3n) is 1.85. The zero-order valence-electron chi connectivity index (χ0n) is 9.50. The summed E-state index contributed by atoms with van der Waals surface area (Å²) in [6.45, 7) is 2.07. The van der Waals surface area contributed by atoms with Crippen LogP contribution in [-0.2, 0) is 10.0 Å². The molecule has 0 unspecified atom stereocenters. The Morgan fingerprint density at radius 2 is 1.62 bits per heavy atom. The number of nitrogens with zero attached hydrogens (tertiary/aromatic N) is 1. The van der Waals surface area contributed by atoms with Crippen LogP contribution >= 0.6 is 0 Å². The highest BCUT2D eigenvalue weighted by Crippen LogP contribution is 2.24. The van der Waals surface area contributed by atoms with Gasteiger partial charge in [0.25, 0.3) is 0 Å². The van der Waals surface area contributed by atoms with Gasteiger partial charge in [0.05, 0.1) is 4.75 Å². The molecule has 98 valence electrons. The monoisotopic (exact) mass is 262 g/mol. The molecule has 0 spiro atoms. The molecule has 0 aliphatic rings. The molecule has 0 aromatic rings. The fraction of sp³-hybridized carbons (Fsp3) is 1.00. The fourth-order valence-electron chi connectivity index (χ4n) is 1.02. The van der Waals surface area contributed by atoms with Gasteiger partial charge >= 0.3 is 6.18 Å². The van der Waals surface area contributed by atoms with Gasteiger partial charge in [0.1, 0.15) is 6.54 Å². The van der Waals surface area contributed by atoms with Gasteiger partial charge in [0.15, 0.2) is 0 Å². The molecule has 0 aromatic heterocycles. The van der Waals surface area contributed by atoms with E-state index in [2.05, 4.69) is 0 Å². The molecule has 0 heterocycles. The topological polar surface area (TPSA) is 63.4 Å². The van der Waals surface area contributed by atoms with Crippen molar-refractivity contribution in [3.8, 4) is 0 Å². The molecule has 4 nitrogen and oxygen atoms in total. The highest BCUT2D eigenvalue weighted by atomic mass is 32.2. The van der Waals surface area contributed by atoms with E-state index in [0.29, 0.717) is 4.31 Å². The van der Waals surface area contributed by atoms with Gasteiger partial charge in [0.2, 0.25) is 10.0 Å². The number of alkyl halides is 3. The van der Waals surface area contributed by atoms with E-state index >= 15 is 0 Å². The average Bonchev–Trinajstić information content (AvgIpc) is 1.98. The number of nitrogens with two attached hydrogens (primary N) is 1. The van der Waals surface area contributed by atoms with E-state index in [1.807, 2.05) is 0 Å². The highest BCUT2D eigenvalue weighted by Gasteiger charge is 2.41. The Morgan fingerprint density at radius 3 is 1.88 bits per heavy atom. The van der Waals surface area contributed by atoms with Crippen molar-refractivity contribution in [2.45, 2.75) is 31.7 Å². The minimum Gasteiger partial charge on any atom is -0.329 e. The van der Waals surface area contributed by atoms with Gasteiger partial charge < -0.3 is 5.73 Å². The lowest BCUT2D eigenvalue weighted by molar-refractivity contribution is -0.136. The van der Waals surface area contributed by atoms with Crippen molar-refractivity contribution in [3.63, 3.8) is 0 Å². The number of halogens is 3. The first-order chi connectivity index (χ1) is 6.92. The van der Waals surface area contributed by atoms with Crippen LogP contribution < -0.4 is 5.73 Å². The van der Waals surface area contributed by atoms with Crippen LogP contribution in [0.3, 0.4) is 0 Å². The molecule has 0 aliphatic heterocycles. The second kappa shape index (κ2) is 4.89. The first-order valence-corrected chi connectivity index (χ1v) is 6.12. The first-order valence-electron chi connectivity index (χ1n) is 4.68. The maximum Gasteiger partial charge on any atom is 0.402 e. The van der Waals surface area contributed by atoms with Crippen molar-refractivity contribution in [2.75, 3.05) is 19.6 Å². The lowest BCUT2D eigenvalue weighted by Gasteiger charge is -2.30. The minimum absolute atomic E-state index is 0.147. The van der Waals surface area contributed by atoms with E-state index < -0.39 is 27.5 Å². The van der Waals surface area contributed by atoms with Crippen LogP contribution in [-0.4, -0.2) is 43.3 Å². The minimum atomic E-state index is -4.56. The molecule has 8 heteroatoms. The molecule has 0 rings (SSSR count). The van der Waals surface area contributed by atoms with Crippen molar-refractivity contribution in [3.05, 3.63) is 0 Å². The van der Waals surface area contributed by atoms with Gasteiger partial charge in [-0.1, -0.05) is 0 Å². The van der Waals surface area contributed by atoms with E-state index in [0.717, 1.165) is 0 Å². The zero-order chi connectivity index (χ0) is 13.2. The third kappa shape index (κ3) is 4.26. The predicted molar refractivity (Wildman–Crippen MR) is 55.4 cm³/mol. The summed E-state index contributed by atoms with van der Waals surface area (Å²) in [4.78, 5) is 0. The third-order valence-corrected chi connectivity index (χ3v) is 4.39. The number of hydrogen-bond acceptors (Lipinski definition) is 3. The first kappa shape index (κ1) is 15.7. The summed E-state index contributed by atoms with van der Waals surface area (Å²) in [6, 6.07) is 0. The van der Waals surface area contributed by atoms with Crippen molar-refractivity contribution < 1.29 is 21.6 Å². The lowest BCUT2D eigenvalue weighted by atomic mass is 10.3. The molecule has 0 saturated heterocycles. The summed E-state index contributed by atoms with van der Waals surface area (Å²) in [7, 11) is -4.00. The molecule has 0 radical (unpaired) electrons. The number of hydrogen-bond donors (Lipinski definition) is 1. The molecule has 2 N–H and O–H groups in total. The van der Waals surface area contributed by atoms with Gasteiger partial charge in [-0.3, -0.25) is 0 Å². The SMILES string of the molecule is CC(C)(C)S(=O)(=O)N(CCN)CC(F)(F)F. The summed E-state index contributed by atoms with van der Waals surface area (Å²) in [5, 5.41) is 0. The summed E-state index contributed by atoms with van der Waals surface area (Å²) in [6.07, 6.45) is -4.56. The van der Waals surface area contributed by atoms with Gasteiger partial charge in [-0.2, -0.15) is 17.5 Å². The summed E-state index contributed by atoms with van der Waals surface area (Å²) in [5.41, 5.74) is 5.11. The lowest BCUT2D eigenvalue weighted by Crippen LogP contribution is -2.48. The molecule has 0 saturated carbocycles. The maximum absolute atomic E-state index is 12.2. The van der Waals surface area contributed by atoms with Gasteiger partial charge in [-0.25, -0.2) is 8.42 Å². The summed E-state index contributed by atoms with van der Waals surface area (Å²) < 4.78 is 59.3. The van der Waals surface area contributed by atoms with Crippen LogP contribution in [0.2, 0.25) is 0 Å². The largest absolute Gasteiger partial charge is 0.402 e. The fourth-order valence-corrected chi connectivity index (χ4v) is 2.45. The van der Waals surface area contributed by atoms with Crippen molar-refractivity contribution in [1.82, 2.24) is 4.31 Å². The Morgan fingerprint density at radius 1 is 1.19 bits per heavy atom. The second-order valence-electron chi connectivity index (χ2n) is 4.35. The molecule has 0 amide bonds. The Labute approximate surface area is 93.7 Å². The summed E-state index contributed by atoms with van der Waals surface area (Å²) >= 11 is 0. The smallest absolute Gasteiger partial charge is 0.329 e. The Bertz CT molecular complexity index is 319. The molecule has 0 bridgehead atoms. The standard InChI is InChI=1S/C8H17F3N2O2S/c1-7(2,3)16(14,15)13(5-4-12)6-8(9,10)11/h4-6,12H2,1-3H3. The second-order valence-corrected chi connectivity index (χ2v) is 7.05. The molecule has 0 aliphatic carbocycles. The molecular formula is C8H17F3N2O2S. The number of rotatable bonds is 4. The van der Waals surface area contributed by atoms with E-state index in [-0.39, 0.29) is 13.1 Å². The van der Waals surface area contributed by atoms with Crippen LogP contribution in [0.5, 0.6) is 0 Å². The van der Waals surface area contributed by atoms with Gasteiger partial charge in [-0.05, 0) is 20.8 Å². The van der Waals surface area contributed by atoms with E-state index in [4.69, 9.17) is 5.73 Å². The average molecular weight is 262 g/mol. The summed E-state index contributed by atoms with van der Waals surface area (Å²) in [5.74, 6) is 0. The maximum atomic E-state index is 12.2. The van der Waals surface area contributed by atoms with Crippen LogP contribution in [0.25, 0.3) is 0 Å². The number of sulfonamides is 1.